The number of carbonyl (C=O) groups excluding carboxylic acids is 3. The van der Waals surface area contributed by atoms with E-state index < -0.39 is 11.9 Å². The van der Waals surface area contributed by atoms with E-state index in [2.05, 4.69) is 5.32 Å². The first-order valence-corrected chi connectivity index (χ1v) is 8.98. The summed E-state index contributed by atoms with van der Waals surface area (Å²) in [6.45, 7) is 4.91. The van der Waals surface area contributed by atoms with Gasteiger partial charge in [0.1, 0.15) is 0 Å². The van der Waals surface area contributed by atoms with Gasteiger partial charge in [-0.2, -0.15) is 0 Å². The lowest BCUT2D eigenvalue weighted by Gasteiger charge is -2.19. The maximum absolute atomic E-state index is 12.5. The molecule has 0 spiro atoms. The van der Waals surface area contributed by atoms with Crippen LogP contribution in [0.5, 0.6) is 0 Å². The summed E-state index contributed by atoms with van der Waals surface area (Å²) in [5, 5.41) is 3.22. The van der Waals surface area contributed by atoms with Crippen molar-refractivity contribution in [2.45, 2.75) is 26.7 Å². The van der Waals surface area contributed by atoms with Crippen LogP contribution < -0.4 is 5.32 Å². The Morgan fingerprint density at radius 3 is 2.11 bits per heavy atom. The standard InChI is InChI=1S/C21H22ClNO4/c1-13(2)20(16-4-8-17(22)9-5-16)21(26)27-12-19(25)15-6-10-18(11-7-15)23-14(3)24/h4-11,13,20H,12H2,1-3H3,(H,23,24)/t20-/m0/s1. The average Bonchev–Trinajstić information content (AvgIpc) is 2.61. The predicted octanol–water partition coefficient (Wildman–Crippen LogP) is 4.46. The molecule has 0 saturated carbocycles. The zero-order valence-electron chi connectivity index (χ0n) is 15.5. The Hall–Kier alpha value is -2.66. The summed E-state index contributed by atoms with van der Waals surface area (Å²) in [4.78, 5) is 35.8. The van der Waals surface area contributed by atoms with Gasteiger partial charge in [0.15, 0.2) is 12.4 Å². The quantitative estimate of drug-likeness (QED) is 0.562. The fourth-order valence-corrected chi connectivity index (χ4v) is 2.84. The van der Waals surface area contributed by atoms with Crippen molar-refractivity contribution in [3.05, 3.63) is 64.7 Å². The number of hydrogen-bond donors (Lipinski definition) is 1. The Kier molecular flexibility index (Phi) is 7.13. The molecule has 2 rings (SSSR count). The molecule has 1 atom stereocenters. The van der Waals surface area contributed by atoms with Crippen molar-refractivity contribution in [2.75, 3.05) is 11.9 Å². The minimum atomic E-state index is -0.475. The Labute approximate surface area is 163 Å². The van der Waals surface area contributed by atoms with Gasteiger partial charge in [0.25, 0.3) is 0 Å². The molecule has 0 saturated heterocycles. The highest BCUT2D eigenvalue weighted by Gasteiger charge is 2.26. The van der Waals surface area contributed by atoms with Crippen LogP contribution in [0, 0.1) is 5.92 Å². The first-order chi connectivity index (χ1) is 12.8. The van der Waals surface area contributed by atoms with E-state index in [0.29, 0.717) is 16.3 Å². The third-order valence-corrected chi connectivity index (χ3v) is 4.27. The lowest BCUT2D eigenvalue weighted by atomic mass is 9.88. The van der Waals surface area contributed by atoms with Gasteiger partial charge in [-0.25, -0.2) is 0 Å². The van der Waals surface area contributed by atoms with Gasteiger partial charge in [-0.3, -0.25) is 14.4 Å². The summed E-state index contributed by atoms with van der Waals surface area (Å²) in [6.07, 6.45) is 0. The van der Waals surface area contributed by atoms with Crippen molar-refractivity contribution < 1.29 is 19.1 Å². The first-order valence-electron chi connectivity index (χ1n) is 8.61. The molecule has 2 aromatic carbocycles. The Morgan fingerprint density at radius 2 is 1.59 bits per heavy atom. The Balaban J connectivity index is 2.00. The van der Waals surface area contributed by atoms with Crippen LogP contribution in [0.4, 0.5) is 5.69 Å². The molecule has 0 bridgehead atoms. The third kappa shape index (κ3) is 5.93. The van der Waals surface area contributed by atoms with Crippen LogP contribution in [0.3, 0.4) is 0 Å². The van der Waals surface area contributed by atoms with Gasteiger partial charge < -0.3 is 10.1 Å². The molecule has 0 aliphatic heterocycles. The van der Waals surface area contributed by atoms with Crippen molar-refractivity contribution in [3.8, 4) is 0 Å². The largest absolute Gasteiger partial charge is 0.457 e. The van der Waals surface area contributed by atoms with Crippen LogP contribution in [-0.2, 0) is 14.3 Å². The topological polar surface area (TPSA) is 72.5 Å². The average molecular weight is 388 g/mol. The van der Waals surface area contributed by atoms with E-state index in [0.717, 1.165) is 5.56 Å². The van der Waals surface area contributed by atoms with Crippen molar-refractivity contribution >= 4 is 34.9 Å². The van der Waals surface area contributed by atoms with Gasteiger partial charge in [-0.1, -0.05) is 37.6 Å². The van der Waals surface area contributed by atoms with Gasteiger partial charge in [-0.05, 0) is 47.9 Å². The van der Waals surface area contributed by atoms with Crippen LogP contribution in [0.1, 0.15) is 42.6 Å². The number of rotatable bonds is 7. The molecule has 0 heterocycles. The molecule has 0 aliphatic carbocycles. The molecule has 1 N–H and O–H groups in total. The highest BCUT2D eigenvalue weighted by Crippen LogP contribution is 2.27. The molecule has 5 nitrogen and oxygen atoms in total. The second-order valence-electron chi connectivity index (χ2n) is 6.56. The summed E-state index contributed by atoms with van der Waals surface area (Å²) >= 11 is 5.90. The minimum Gasteiger partial charge on any atom is -0.457 e. The number of nitrogens with one attached hydrogen (secondary N) is 1. The molecule has 0 aromatic heterocycles. The molecular weight excluding hydrogens is 366 g/mol. The van der Waals surface area contributed by atoms with E-state index in [9.17, 15) is 14.4 Å². The monoisotopic (exact) mass is 387 g/mol. The van der Waals surface area contributed by atoms with E-state index in [-0.39, 0.29) is 24.2 Å². The van der Waals surface area contributed by atoms with Crippen molar-refractivity contribution in [2.24, 2.45) is 5.92 Å². The SMILES string of the molecule is CC(=O)Nc1ccc(C(=O)COC(=O)[C@H](c2ccc(Cl)cc2)C(C)C)cc1. The number of Topliss-reactive ketones (excluding diaryl/α,β-unsaturated/α-hetero) is 1. The van der Waals surface area contributed by atoms with Gasteiger partial charge in [0.2, 0.25) is 5.91 Å². The predicted molar refractivity (Wildman–Crippen MR) is 105 cm³/mol. The number of benzene rings is 2. The van der Waals surface area contributed by atoms with Crippen LogP contribution >= 0.6 is 11.6 Å². The normalized spacial score (nSPS) is 11.7. The van der Waals surface area contributed by atoms with Gasteiger partial charge in [-0.15, -0.1) is 0 Å². The molecule has 0 aliphatic rings. The van der Waals surface area contributed by atoms with Crippen LogP contribution in [0.25, 0.3) is 0 Å². The molecule has 0 fully saturated rings. The van der Waals surface area contributed by atoms with Crippen molar-refractivity contribution in [1.82, 2.24) is 0 Å². The fourth-order valence-electron chi connectivity index (χ4n) is 2.72. The van der Waals surface area contributed by atoms with E-state index in [1.807, 2.05) is 13.8 Å². The van der Waals surface area contributed by atoms with Crippen LogP contribution in [0.2, 0.25) is 5.02 Å². The molecule has 2 aromatic rings. The minimum absolute atomic E-state index is 0.00529. The van der Waals surface area contributed by atoms with Gasteiger partial charge in [0.05, 0.1) is 5.92 Å². The number of amides is 1. The Bertz CT molecular complexity index is 813. The lowest BCUT2D eigenvalue weighted by molar-refractivity contribution is -0.145. The van der Waals surface area contributed by atoms with Crippen LogP contribution in [0.15, 0.2) is 48.5 Å². The van der Waals surface area contributed by atoms with Crippen molar-refractivity contribution in [1.29, 1.82) is 0 Å². The van der Waals surface area contributed by atoms with E-state index >= 15 is 0 Å². The third-order valence-electron chi connectivity index (χ3n) is 4.02. The Morgan fingerprint density at radius 1 is 1.00 bits per heavy atom. The highest BCUT2D eigenvalue weighted by atomic mass is 35.5. The molecule has 0 radical (unpaired) electrons. The lowest BCUT2D eigenvalue weighted by Crippen LogP contribution is -2.23. The zero-order chi connectivity index (χ0) is 20.0. The smallest absolute Gasteiger partial charge is 0.314 e. The fraction of sp³-hybridized carbons (Fsp3) is 0.286. The summed E-state index contributed by atoms with van der Waals surface area (Å²) in [7, 11) is 0. The highest BCUT2D eigenvalue weighted by molar-refractivity contribution is 6.30. The summed E-state index contributed by atoms with van der Waals surface area (Å²) < 4.78 is 5.27. The van der Waals surface area contributed by atoms with Gasteiger partial charge in [0, 0.05) is 23.2 Å². The molecule has 6 heteroatoms. The number of carbonyl (C=O) groups is 3. The summed E-state index contributed by atoms with van der Waals surface area (Å²) in [6, 6.07) is 13.4. The van der Waals surface area contributed by atoms with E-state index in [4.69, 9.17) is 16.3 Å². The second-order valence-corrected chi connectivity index (χ2v) is 7.00. The summed E-state index contributed by atoms with van der Waals surface area (Å²) in [5.41, 5.74) is 1.80. The number of halogens is 1. The van der Waals surface area contributed by atoms with Crippen molar-refractivity contribution in [3.63, 3.8) is 0 Å². The molecule has 27 heavy (non-hydrogen) atoms. The van der Waals surface area contributed by atoms with E-state index in [1.54, 1.807) is 48.5 Å². The number of ketones is 1. The van der Waals surface area contributed by atoms with Crippen LogP contribution in [-0.4, -0.2) is 24.3 Å². The maximum atomic E-state index is 12.5. The van der Waals surface area contributed by atoms with E-state index in [1.165, 1.54) is 6.92 Å². The molecule has 1 amide bonds. The van der Waals surface area contributed by atoms with Gasteiger partial charge >= 0.3 is 5.97 Å². The maximum Gasteiger partial charge on any atom is 0.314 e. The summed E-state index contributed by atoms with van der Waals surface area (Å²) in [5.74, 6) is -1.42. The zero-order valence-corrected chi connectivity index (χ0v) is 16.2. The number of anilines is 1. The number of esters is 1. The first kappa shape index (κ1) is 20.6. The molecule has 142 valence electrons. The number of hydrogen-bond acceptors (Lipinski definition) is 4. The second kappa shape index (κ2) is 9.33. The molecular formula is C21H22ClNO4. The number of ether oxygens (including phenoxy) is 1. The molecule has 0 unspecified atom stereocenters.